The predicted octanol–water partition coefficient (Wildman–Crippen LogP) is 4.01. The van der Waals surface area contributed by atoms with Crippen molar-refractivity contribution >= 4 is 17.2 Å². The van der Waals surface area contributed by atoms with E-state index in [0.717, 1.165) is 28.3 Å². The van der Waals surface area contributed by atoms with Crippen LogP contribution in [0.2, 0.25) is 0 Å². The van der Waals surface area contributed by atoms with Crippen LogP contribution in [-0.4, -0.2) is 38.4 Å². The van der Waals surface area contributed by atoms with E-state index < -0.39 is 6.29 Å². The van der Waals surface area contributed by atoms with Crippen molar-refractivity contribution in [1.29, 1.82) is 0 Å². The number of carbonyl (C=O) groups is 1. The van der Waals surface area contributed by atoms with Gasteiger partial charge in [-0.15, -0.1) is 0 Å². The molecular formula is C22H23NO3. The monoisotopic (exact) mass is 349 g/mol. The fourth-order valence-corrected chi connectivity index (χ4v) is 3.30. The fourth-order valence-electron chi connectivity index (χ4n) is 3.30. The first-order chi connectivity index (χ1) is 12.8. The van der Waals surface area contributed by atoms with Crippen LogP contribution in [0, 0.1) is 0 Å². The van der Waals surface area contributed by atoms with E-state index in [0.29, 0.717) is 6.54 Å². The van der Waals surface area contributed by atoms with Gasteiger partial charge in [0.1, 0.15) is 0 Å². The zero-order valence-electron chi connectivity index (χ0n) is 15.0. The maximum Gasteiger partial charge on any atom is 0.210 e. The zero-order chi connectivity index (χ0) is 18.4. The standard InChI is InChI=1S/C22H23NO3/c1-25-21(26-2)15-23(16-24)22(18-10-4-3-5-11-18)20-14-8-12-17-9-6-7-13-19(17)20/h3-14,16,21-22H,15H2,1-2H3/t22-/m0/s1. The van der Waals surface area contributed by atoms with E-state index in [1.165, 1.54) is 0 Å². The molecule has 0 bridgehead atoms. The minimum Gasteiger partial charge on any atom is -0.354 e. The van der Waals surface area contributed by atoms with Crippen molar-refractivity contribution in [2.75, 3.05) is 20.8 Å². The van der Waals surface area contributed by atoms with Gasteiger partial charge in [0.2, 0.25) is 6.41 Å². The molecular weight excluding hydrogens is 326 g/mol. The van der Waals surface area contributed by atoms with Crippen molar-refractivity contribution in [2.24, 2.45) is 0 Å². The summed E-state index contributed by atoms with van der Waals surface area (Å²) in [5.41, 5.74) is 2.12. The first-order valence-corrected chi connectivity index (χ1v) is 8.57. The van der Waals surface area contributed by atoms with Crippen molar-refractivity contribution in [3.63, 3.8) is 0 Å². The third-order valence-corrected chi connectivity index (χ3v) is 4.59. The third-order valence-electron chi connectivity index (χ3n) is 4.59. The number of amides is 1. The number of ether oxygens (including phenoxy) is 2. The molecule has 26 heavy (non-hydrogen) atoms. The van der Waals surface area contributed by atoms with Crippen LogP contribution < -0.4 is 0 Å². The summed E-state index contributed by atoms with van der Waals surface area (Å²) < 4.78 is 10.6. The molecule has 0 aromatic heterocycles. The normalized spacial score (nSPS) is 12.3. The highest BCUT2D eigenvalue weighted by Crippen LogP contribution is 2.33. The van der Waals surface area contributed by atoms with Crippen molar-refractivity contribution in [2.45, 2.75) is 12.3 Å². The molecule has 0 unspecified atom stereocenters. The second-order valence-corrected chi connectivity index (χ2v) is 6.08. The molecule has 0 heterocycles. The van der Waals surface area contributed by atoms with Crippen LogP contribution in [0.25, 0.3) is 10.8 Å². The van der Waals surface area contributed by atoms with Crippen LogP contribution in [0.4, 0.5) is 0 Å². The summed E-state index contributed by atoms with van der Waals surface area (Å²) >= 11 is 0. The second kappa shape index (κ2) is 8.61. The van der Waals surface area contributed by atoms with Crippen molar-refractivity contribution in [3.05, 3.63) is 83.9 Å². The van der Waals surface area contributed by atoms with Crippen LogP contribution in [0.3, 0.4) is 0 Å². The van der Waals surface area contributed by atoms with Gasteiger partial charge in [-0.1, -0.05) is 72.8 Å². The van der Waals surface area contributed by atoms with E-state index in [9.17, 15) is 4.79 Å². The molecule has 0 saturated heterocycles. The lowest BCUT2D eigenvalue weighted by molar-refractivity contribution is -0.137. The summed E-state index contributed by atoms with van der Waals surface area (Å²) in [6, 6.07) is 24.2. The van der Waals surface area contributed by atoms with Crippen molar-refractivity contribution in [3.8, 4) is 0 Å². The van der Waals surface area contributed by atoms with Gasteiger partial charge in [-0.2, -0.15) is 0 Å². The van der Waals surface area contributed by atoms with Crippen LogP contribution in [0.15, 0.2) is 72.8 Å². The van der Waals surface area contributed by atoms with Gasteiger partial charge in [0.05, 0.1) is 12.6 Å². The van der Waals surface area contributed by atoms with Gasteiger partial charge in [-0.3, -0.25) is 4.79 Å². The van der Waals surface area contributed by atoms with Gasteiger partial charge in [0, 0.05) is 14.2 Å². The lowest BCUT2D eigenvalue weighted by Gasteiger charge is -2.32. The molecule has 4 nitrogen and oxygen atoms in total. The molecule has 3 rings (SSSR count). The number of hydrogen-bond acceptors (Lipinski definition) is 3. The van der Waals surface area contributed by atoms with Crippen molar-refractivity contribution in [1.82, 2.24) is 4.90 Å². The second-order valence-electron chi connectivity index (χ2n) is 6.08. The fraction of sp³-hybridized carbons (Fsp3) is 0.227. The molecule has 0 spiro atoms. The smallest absolute Gasteiger partial charge is 0.210 e. The minimum absolute atomic E-state index is 0.229. The van der Waals surface area contributed by atoms with Gasteiger partial charge < -0.3 is 14.4 Å². The number of fused-ring (bicyclic) bond motifs is 1. The molecule has 1 atom stereocenters. The molecule has 1 amide bonds. The Morgan fingerprint density at radius 3 is 2.23 bits per heavy atom. The Morgan fingerprint density at radius 2 is 1.54 bits per heavy atom. The molecule has 0 fully saturated rings. The van der Waals surface area contributed by atoms with E-state index in [-0.39, 0.29) is 6.04 Å². The largest absolute Gasteiger partial charge is 0.354 e. The Hall–Kier alpha value is -2.69. The molecule has 0 aliphatic carbocycles. The summed E-state index contributed by atoms with van der Waals surface area (Å²) in [5, 5.41) is 2.27. The molecule has 0 saturated carbocycles. The number of methoxy groups -OCH3 is 2. The van der Waals surface area contributed by atoms with Crippen LogP contribution in [0.5, 0.6) is 0 Å². The third kappa shape index (κ3) is 3.77. The van der Waals surface area contributed by atoms with Crippen LogP contribution >= 0.6 is 0 Å². The van der Waals surface area contributed by atoms with Crippen LogP contribution in [0.1, 0.15) is 17.2 Å². The molecule has 4 heteroatoms. The van der Waals surface area contributed by atoms with E-state index in [1.54, 1.807) is 19.1 Å². The maximum absolute atomic E-state index is 12.0. The zero-order valence-corrected chi connectivity index (χ0v) is 15.0. The summed E-state index contributed by atoms with van der Waals surface area (Å²) in [7, 11) is 3.15. The molecule has 0 N–H and O–H groups in total. The molecule has 134 valence electrons. The Morgan fingerprint density at radius 1 is 0.885 bits per heavy atom. The van der Waals surface area contributed by atoms with E-state index >= 15 is 0 Å². The number of carbonyl (C=O) groups excluding carboxylic acids is 1. The molecule has 3 aromatic rings. The van der Waals surface area contributed by atoms with E-state index in [1.807, 2.05) is 48.5 Å². The Kier molecular flexibility index (Phi) is 6.00. The molecule has 3 aromatic carbocycles. The summed E-state index contributed by atoms with van der Waals surface area (Å²) in [5.74, 6) is 0. The number of benzene rings is 3. The Balaban J connectivity index is 2.13. The first-order valence-electron chi connectivity index (χ1n) is 8.57. The van der Waals surface area contributed by atoms with Crippen molar-refractivity contribution < 1.29 is 14.3 Å². The highest BCUT2D eigenvalue weighted by atomic mass is 16.7. The highest BCUT2D eigenvalue weighted by molar-refractivity contribution is 5.86. The summed E-state index contributed by atoms with van der Waals surface area (Å²) in [4.78, 5) is 13.7. The van der Waals surface area contributed by atoms with Gasteiger partial charge in [-0.05, 0) is 21.9 Å². The van der Waals surface area contributed by atoms with Gasteiger partial charge >= 0.3 is 0 Å². The number of rotatable bonds is 8. The molecule has 0 radical (unpaired) electrons. The van der Waals surface area contributed by atoms with E-state index in [4.69, 9.17) is 9.47 Å². The number of nitrogens with zero attached hydrogens (tertiary/aromatic N) is 1. The predicted molar refractivity (Wildman–Crippen MR) is 103 cm³/mol. The Bertz CT molecular complexity index is 841. The van der Waals surface area contributed by atoms with Gasteiger partial charge in [-0.25, -0.2) is 0 Å². The number of hydrogen-bond donors (Lipinski definition) is 0. The van der Waals surface area contributed by atoms with Crippen LogP contribution in [-0.2, 0) is 14.3 Å². The SMILES string of the molecule is COC(CN(C=O)[C@@H](c1ccccc1)c1cccc2ccccc12)OC. The lowest BCUT2D eigenvalue weighted by atomic mass is 9.92. The quantitative estimate of drug-likeness (QED) is 0.456. The Labute approximate surface area is 154 Å². The summed E-state index contributed by atoms with van der Waals surface area (Å²) in [6.07, 6.45) is 0.381. The van der Waals surface area contributed by atoms with E-state index in [2.05, 4.69) is 24.3 Å². The molecule has 0 aliphatic heterocycles. The average Bonchev–Trinajstić information content (AvgIpc) is 2.71. The minimum atomic E-state index is -0.485. The lowest BCUT2D eigenvalue weighted by Crippen LogP contribution is -2.37. The molecule has 0 aliphatic rings. The topological polar surface area (TPSA) is 38.8 Å². The highest BCUT2D eigenvalue weighted by Gasteiger charge is 2.25. The van der Waals surface area contributed by atoms with Gasteiger partial charge in [0.25, 0.3) is 0 Å². The summed E-state index contributed by atoms with van der Waals surface area (Å²) in [6.45, 7) is 0.333. The maximum atomic E-state index is 12.0. The average molecular weight is 349 g/mol. The first kappa shape index (κ1) is 18.1. The van der Waals surface area contributed by atoms with Gasteiger partial charge in [0.15, 0.2) is 6.29 Å².